The molecule has 3 fully saturated rings. The van der Waals surface area contributed by atoms with E-state index >= 15 is 0 Å². The van der Waals surface area contributed by atoms with Gasteiger partial charge in [-0.15, -0.1) is 0 Å². The fraction of sp³-hybridized carbons (Fsp3) is 0.364. The van der Waals surface area contributed by atoms with Crippen molar-refractivity contribution in [1.29, 1.82) is 0 Å². The summed E-state index contributed by atoms with van der Waals surface area (Å²) in [6, 6.07) is 19.9. The molecule has 0 radical (unpaired) electrons. The minimum atomic E-state index is -1.25. The van der Waals surface area contributed by atoms with Crippen molar-refractivity contribution in [3.05, 3.63) is 71.8 Å². The van der Waals surface area contributed by atoms with Crippen molar-refractivity contribution in [2.75, 3.05) is 13.1 Å². The molecule has 0 aromatic heterocycles. The van der Waals surface area contributed by atoms with Crippen LogP contribution in [-0.4, -0.2) is 29.1 Å². The number of fused-ring (bicyclic) bond motifs is 3. The summed E-state index contributed by atoms with van der Waals surface area (Å²) in [5.74, 6) is 7.48. The van der Waals surface area contributed by atoms with Crippen molar-refractivity contribution in [3.8, 4) is 11.8 Å². The van der Waals surface area contributed by atoms with Crippen molar-refractivity contribution < 1.29 is 5.11 Å². The van der Waals surface area contributed by atoms with Crippen LogP contribution in [0, 0.1) is 17.8 Å². The Morgan fingerprint density at radius 3 is 1.88 bits per heavy atom. The van der Waals surface area contributed by atoms with Crippen LogP contribution in [-0.2, 0) is 5.60 Å². The predicted molar refractivity (Wildman–Crippen MR) is 96.4 cm³/mol. The van der Waals surface area contributed by atoms with E-state index in [1.807, 2.05) is 60.7 Å². The lowest BCUT2D eigenvalue weighted by molar-refractivity contribution is 0.0774. The summed E-state index contributed by atoms with van der Waals surface area (Å²) in [5, 5.41) is 11.5. The monoisotopic (exact) mass is 317 g/mol. The van der Waals surface area contributed by atoms with Gasteiger partial charge in [0.2, 0.25) is 0 Å². The smallest absolute Gasteiger partial charge is 0.176 e. The van der Waals surface area contributed by atoms with E-state index in [-0.39, 0.29) is 6.04 Å². The Morgan fingerprint density at radius 1 is 0.875 bits per heavy atom. The van der Waals surface area contributed by atoms with Crippen LogP contribution in [0.25, 0.3) is 0 Å². The summed E-state index contributed by atoms with van der Waals surface area (Å²) in [7, 11) is 0. The van der Waals surface area contributed by atoms with Gasteiger partial charge in [0.25, 0.3) is 0 Å². The zero-order valence-electron chi connectivity index (χ0n) is 13.9. The van der Waals surface area contributed by atoms with Gasteiger partial charge in [0.15, 0.2) is 5.60 Å². The maximum absolute atomic E-state index is 11.5. The van der Waals surface area contributed by atoms with Gasteiger partial charge in [0, 0.05) is 11.1 Å². The van der Waals surface area contributed by atoms with E-state index in [9.17, 15) is 5.11 Å². The first-order valence-corrected chi connectivity index (χ1v) is 8.86. The maximum atomic E-state index is 11.5. The van der Waals surface area contributed by atoms with Gasteiger partial charge < -0.3 is 5.11 Å². The molecular weight excluding hydrogens is 294 g/mol. The molecule has 2 bridgehead atoms. The van der Waals surface area contributed by atoms with Crippen LogP contribution in [0.15, 0.2) is 60.7 Å². The number of benzene rings is 2. The summed E-state index contributed by atoms with van der Waals surface area (Å²) in [4.78, 5) is 2.48. The molecule has 24 heavy (non-hydrogen) atoms. The van der Waals surface area contributed by atoms with Crippen LogP contribution >= 0.6 is 0 Å². The number of piperidine rings is 3. The second-order valence-electron chi connectivity index (χ2n) is 6.94. The van der Waals surface area contributed by atoms with Gasteiger partial charge in [-0.2, -0.15) is 0 Å². The third-order valence-electron chi connectivity index (χ3n) is 5.45. The molecule has 3 aliphatic heterocycles. The number of hydrogen-bond acceptors (Lipinski definition) is 2. The van der Waals surface area contributed by atoms with Crippen molar-refractivity contribution in [2.45, 2.75) is 30.9 Å². The highest BCUT2D eigenvalue weighted by molar-refractivity contribution is 5.44. The lowest BCUT2D eigenvalue weighted by Crippen LogP contribution is -2.48. The molecule has 2 nitrogen and oxygen atoms in total. The first-order valence-electron chi connectivity index (χ1n) is 8.86. The van der Waals surface area contributed by atoms with Gasteiger partial charge >= 0.3 is 0 Å². The van der Waals surface area contributed by atoms with Crippen LogP contribution in [0.1, 0.15) is 30.4 Å². The third-order valence-corrected chi connectivity index (χ3v) is 5.45. The van der Waals surface area contributed by atoms with E-state index in [4.69, 9.17) is 0 Å². The minimum Gasteiger partial charge on any atom is -0.369 e. The molecule has 0 spiro atoms. The maximum Gasteiger partial charge on any atom is 0.176 e. The van der Waals surface area contributed by atoms with Gasteiger partial charge in [0.1, 0.15) is 0 Å². The Hall–Kier alpha value is -2.08. The Labute approximate surface area is 144 Å². The topological polar surface area (TPSA) is 23.5 Å². The zero-order valence-corrected chi connectivity index (χ0v) is 13.9. The molecule has 0 aliphatic carbocycles. The van der Waals surface area contributed by atoms with Crippen LogP contribution < -0.4 is 0 Å². The van der Waals surface area contributed by atoms with Crippen LogP contribution in [0.3, 0.4) is 0 Å². The Kier molecular flexibility index (Phi) is 4.14. The Bertz CT molecular complexity index is 696. The largest absolute Gasteiger partial charge is 0.369 e. The SMILES string of the molecule is OC(C#CC1CC2CCN1CC2)(c1ccccc1)c1ccccc1. The third kappa shape index (κ3) is 2.86. The summed E-state index contributed by atoms with van der Waals surface area (Å²) < 4.78 is 0. The van der Waals surface area contributed by atoms with E-state index in [0.717, 1.165) is 36.6 Å². The van der Waals surface area contributed by atoms with E-state index in [1.165, 1.54) is 12.8 Å². The molecule has 3 heterocycles. The number of nitrogens with zero attached hydrogens (tertiary/aromatic N) is 1. The molecule has 2 aromatic carbocycles. The van der Waals surface area contributed by atoms with Crippen molar-refractivity contribution in [1.82, 2.24) is 4.90 Å². The molecule has 2 heteroatoms. The molecule has 2 aromatic rings. The highest BCUT2D eigenvalue weighted by atomic mass is 16.3. The normalized spacial score (nSPS) is 25.8. The van der Waals surface area contributed by atoms with E-state index in [1.54, 1.807) is 0 Å². The standard InChI is InChI=1S/C22H23NO/c24-22(19-7-3-1-4-8-19,20-9-5-2-6-10-20)14-11-21-17-18-12-15-23(21)16-13-18/h1-10,18,21,24H,12-13,15-17H2. The van der Waals surface area contributed by atoms with Gasteiger partial charge in [0.05, 0.1) is 6.04 Å². The summed E-state index contributed by atoms with van der Waals surface area (Å²) in [6.45, 7) is 2.30. The van der Waals surface area contributed by atoms with E-state index in [2.05, 4.69) is 16.7 Å². The highest BCUT2D eigenvalue weighted by Gasteiger charge is 2.34. The molecule has 122 valence electrons. The number of rotatable bonds is 2. The first kappa shape index (κ1) is 15.4. The molecule has 1 unspecified atom stereocenters. The van der Waals surface area contributed by atoms with Crippen LogP contribution in [0.5, 0.6) is 0 Å². The summed E-state index contributed by atoms with van der Waals surface area (Å²) >= 11 is 0. The molecule has 5 rings (SSSR count). The fourth-order valence-electron chi connectivity index (χ4n) is 3.97. The quantitative estimate of drug-likeness (QED) is 0.858. The summed E-state index contributed by atoms with van der Waals surface area (Å²) in [5.41, 5.74) is 0.416. The fourth-order valence-corrected chi connectivity index (χ4v) is 3.97. The Morgan fingerprint density at radius 2 is 1.42 bits per heavy atom. The van der Waals surface area contributed by atoms with Gasteiger partial charge in [-0.05, 0) is 38.3 Å². The molecular formula is C22H23NO. The minimum absolute atomic E-state index is 0.288. The van der Waals surface area contributed by atoms with Crippen molar-refractivity contribution in [2.24, 2.45) is 5.92 Å². The molecule has 3 saturated heterocycles. The van der Waals surface area contributed by atoms with Crippen LogP contribution in [0.4, 0.5) is 0 Å². The van der Waals surface area contributed by atoms with Crippen molar-refractivity contribution in [3.63, 3.8) is 0 Å². The Balaban J connectivity index is 1.71. The molecule has 0 saturated carbocycles. The highest BCUT2D eigenvalue weighted by Crippen LogP contribution is 2.33. The average Bonchev–Trinajstić information content (AvgIpc) is 2.68. The van der Waals surface area contributed by atoms with Crippen LogP contribution in [0.2, 0.25) is 0 Å². The number of hydrogen-bond donors (Lipinski definition) is 1. The molecule has 1 atom stereocenters. The zero-order chi connectivity index (χ0) is 16.4. The van der Waals surface area contributed by atoms with Crippen molar-refractivity contribution >= 4 is 0 Å². The second-order valence-corrected chi connectivity index (χ2v) is 6.94. The molecule has 3 aliphatic rings. The van der Waals surface area contributed by atoms with Gasteiger partial charge in [-0.3, -0.25) is 4.90 Å². The lowest BCUT2D eigenvalue weighted by Gasteiger charge is -2.43. The predicted octanol–water partition coefficient (Wildman–Crippen LogP) is 3.41. The van der Waals surface area contributed by atoms with E-state index in [0.29, 0.717) is 0 Å². The average molecular weight is 317 g/mol. The van der Waals surface area contributed by atoms with Gasteiger partial charge in [-0.1, -0.05) is 72.5 Å². The van der Waals surface area contributed by atoms with Gasteiger partial charge in [-0.25, -0.2) is 0 Å². The lowest BCUT2D eigenvalue weighted by atomic mass is 9.82. The molecule has 1 N–H and O–H groups in total. The molecule has 0 amide bonds. The first-order chi connectivity index (χ1) is 11.8. The number of aliphatic hydroxyl groups is 1. The van der Waals surface area contributed by atoms with E-state index < -0.39 is 5.60 Å². The second kappa shape index (κ2) is 6.43. The summed E-state index contributed by atoms with van der Waals surface area (Å²) in [6.07, 6.45) is 3.76.